The quantitative estimate of drug-likeness (QED) is 0.329. The van der Waals surface area contributed by atoms with Crippen LogP contribution in [0.2, 0.25) is 0 Å². The number of ether oxygens (including phenoxy) is 1. The first-order chi connectivity index (χ1) is 5.64. The lowest BCUT2D eigenvalue weighted by Crippen LogP contribution is -2.51. The van der Waals surface area contributed by atoms with E-state index in [9.17, 15) is 14.4 Å². The summed E-state index contributed by atoms with van der Waals surface area (Å²) in [6.45, 7) is 0. The standard InChI is InChI=1S/C7H9NO4/c1-12-6(11)7(4-9)3-2-5(10)8-7/h4H,2-3H2,1H3,(H,8,10)/t7-/m0/s1. The smallest absolute Gasteiger partial charge is 0.339 e. The van der Waals surface area contributed by atoms with Crippen molar-refractivity contribution in [1.29, 1.82) is 0 Å². The van der Waals surface area contributed by atoms with Crippen LogP contribution in [0.15, 0.2) is 0 Å². The number of carbonyl (C=O) groups excluding carboxylic acids is 3. The zero-order valence-corrected chi connectivity index (χ0v) is 6.62. The fraction of sp³-hybridized carbons (Fsp3) is 0.571. The number of hydrogen-bond acceptors (Lipinski definition) is 4. The summed E-state index contributed by atoms with van der Waals surface area (Å²) in [5.41, 5.74) is -1.42. The number of esters is 1. The number of hydrogen-bond donors (Lipinski definition) is 1. The second-order valence-electron chi connectivity index (χ2n) is 2.63. The van der Waals surface area contributed by atoms with Crippen LogP contribution in [0.25, 0.3) is 0 Å². The Bertz CT molecular complexity index is 238. The van der Waals surface area contributed by atoms with Crippen molar-refractivity contribution >= 4 is 18.2 Å². The Hall–Kier alpha value is -1.39. The molecule has 0 radical (unpaired) electrons. The maximum atomic E-state index is 11.0. The molecule has 0 aromatic heterocycles. The summed E-state index contributed by atoms with van der Waals surface area (Å²) in [6.07, 6.45) is 0.791. The van der Waals surface area contributed by atoms with Gasteiger partial charge in [-0.1, -0.05) is 0 Å². The van der Waals surface area contributed by atoms with Gasteiger partial charge in [-0.05, 0) is 6.42 Å². The number of nitrogens with one attached hydrogen (secondary N) is 1. The molecule has 12 heavy (non-hydrogen) atoms. The van der Waals surface area contributed by atoms with Crippen LogP contribution in [-0.2, 0) is 19.1 Å². The van der Waals surface area contributed by atoms with Crippen molar-refractivity contribution in [3.63, 3.8) is 0 Å². The fourth-order valence-electron chi connectivity index (χ4n) is 1.16. The van der Waals surface area contributed by atoms with Gasteiger partial charge in [-0.15, -0.1) is 0 Å². The lowest BCUT2D eigenvalue weighted by Gasteiger charge is -2.17. The largest absolute Gasteiger partial charge is 0.467 e. The number of rotatable bonds is 2. The van der Waals surface area contributed by atoms with E-state index in [0.29, 0.717) is 6.29 Å². The SMILES string of the molecule is COC(=O)[C@@]1(C=O)CCC(=O)N1. The monoisotopic (exact) mass is 171 g/mol. The summed E-state index contributed by atoms with van der Waals surface area (Å²) in [7, 11) is 1.18. The van der Waals surface area contributed by atoms with Crippen LogP contribution in [0.4, 0.5) is 0 Å². The molecule has 0 unspecified atom stereocenters. The van der Waals surface area contributed by atoms with Crippen molar-refractivity contribution in [2.24, 2.45) is 0 Å². The second kappa shape index (κ2) is 2.92. The van der Waals surface area contributed by atoms with E-state index in [1.54, 1.807) is 0 Å². The highest BCUT2D eigenvalue weighted by molar-refractivity contribution is 6.04. The summed E-state index contributed by atoms with van der Waals surface area (Å²) in [5, 5.41) is 2.29. The Kier molecular flexibility index (Phi) is 2.12. The predicted octanol–water partition coefficient (Wildman–Crippen LogP) is -0.993. The van der Waals surface area contributed by atoms with Crippen molar-refractivity contribution in [1.82, 2.24) is 5.32 Å². The van der Waals surface area contributed by atoms with Gasteiger partial charge in [-0.3, -0.25) is 4.79 Å². The third kappa shape index (κ3) is 1.17. The first-order valence-electron chi connectivity index (χ1n) is 3.50. The first kappa shape index (κ1) is 8.70. The van der Waals surface area contributed by atoms with E-state index in [1.807, 2.05) is 0 Å². The summed E-state index contributed by atoms with van der Waals surface area (Å²) in [4.78, 5) is 32.4. The molecule has 5 nitrogen and oxygen atoms in total. The summed E-state index contributed by atoms with van der Waals surface area (Å²) in [5.74, 6) is -1.00. The fourth-order valence-corrected chi connectivity index (χ4v) is 1.16. The highest BCUT2D eigenvalue weighted by atomic mass is 16.5. The number of aldehydes is 1. The lowest BCUT2D eigenvalue weighted by atomic mass is 10.0. The third-order valence-corrected chi connectivity index (χ3v) is 1.86. The minimum Gasteiger partial charge on any atom is -0.467 e. The van der Waals surface area contributed by atoms with Crippen molar-refractivity contribution in [3.05, 3.63) is 0 Å². The summed E-state index contributed by atoms with van der Waals surface area (Å²) >= 11 is 0. The Balaban J connectivity index is 2.84. The molecule has 1 rings (SSSR count). The van der Waals surface area contributed by atoms with Gasteiger partial charge in [0, 0.05) is 6.42 Å². The van der Waals surface area contributed by atoms with E-state index in [1.165, 1.54) is 7.11 Å². The van der Waals surface area contributed by atoms with E-state index in [0.717, 1.165) is 0 Å². The van der Waals surface area contributed by atoms with Gasteiger partial charge in [0.25, 0.3) is 0 Å². The molecular weight excluding hydrogens is 162 g/mol. The molecule has 1 N–H and O–H groups in total. The second-order valence-corrected chi connectivity index (χ2v) is 2.63. The highest BCUT2D eigenvalue weighted by Gasteiger charge is 2.45. The molecule has 1 fully saturated rings. The molecule has 1 amide bonds. The Morgan fingerprint density at radius 3 is 2.75 bits per heavy atom. The van der Waals surface area contributed by atoms with Crippen LogP contribution in [0.3, 0.4) is 0 Å². The zero-order chi connectivity index (χ0) is 9.19. The van der Waals surface area contributed by atoms with E-state index in [-0.39, 0.29) is 18.7 Å². The van der Waals surface area contributed by atoms with Gasteiger partial charge in [0.1, 0.15) is 0 Å². The number of carbonyl (C=O) groups is 3. The van der Waals surface area contributed by atoms with Crippen molar-refractivity contribution in [3.8, 4) is 0 Å². The first-order valence-corrected chi connectivity index (χ1v) is 3.50. The Morgan fingerprint density at radius 1 is 1.75 bits per heavy atom. The molecule has 0 spiro atoms. The zero-order valence-electron chi connectivity index (χ0n) is 6.62. The molecule has 1 aliphatic rings. The van der Waals surface area contributed by atoms with E-state index >= 15 is 0 Å². The van der Waals surface area contributed by atoms with E-state index in [4.69, 9.17) is 0 Å². The van der Waals surface area contributed by atoms with Crippen molar-refractivity contribution in [2.45, 2.75) is 18.4 Å². The van der Waals surface area contributed by atoms with Crippen LogP contribution in [0.5, 0.6) is 0 Å². The van der Waals surface area contributed by atoms with Crippen LogP contribution in [-0.4, -0.2) is 30.8 Å². The molecule has 0 aromatic rings. The molecule has 0 bridgehead atoms. The topological polar surface area (TPSA) is 72.5 Å². The van der Waals surface area contributed by atoms with Crippen molar-refractivity contribution in [2.75, 3.05) is 7.11 Å². The van der Waals surface area contributed by atoms with Crippen LogP contribution in [0.1, 0.15) is 12.8 Å². The minimum atomic E-state index is -1.42. The lowest BCUT2D eigenvalue weighted by molar-refractivity contribution is -0.150. The number of amides is 1. The molecule has 1 aliphatic heterocycles. The molecule has 0 saturated carbocycles. The van der Waals surface area contributed by atoms with Gasteiger partial charge in [-0.25, -0.2) is 4.79 Å². The van der Waals surface area contributed by atoms with Gasteiger partial charge < -0.3 is 14.8 Å². The third-order valence-electron chi connectivity index (χ3n) is 1.86. The minimum absolute atomic E-state index is 0.183. The molecule has 66 valence electrons. The molecular formula is C7H9NO4. The average Bonchev–Trinajstić information content (AvgIpc) is 2.47. The Morgan fingerprint density at radius 2 is 2.42 bits per heavy atom. The van der Waals surface area contributed by atoms with Crippen LogP contribution >= 0.6 is 0 Å². The molecule has 1 saturated heterocycles. The van der Waals surface area contributed by atoms with Gasteiger partial charge >= 0.3 is 5.97 Å². The maximum absolute atomic E-state index is 11.0. The Labute approximate surface area is 69.1 Å². The molecule has 1 heterocycles. The molecule has 0 aromatic carbocycles. The van der Waals surface area contributed by atoms with Gasteiger partial charge in [-0.2, -0.15) is 0 Å². The molecule has 1 atom stereocenters. The summed E-state index contributed by atoms with van der Waals surface area (Å²) < 4.78 is 4.39. The van der Waals surface area contributed by atoms with Gasteiger partial charge in [0.15, 0.2) is 11.8 Å². The summed E-state index contributed by atoms with van der Waals surface area (Å²) in [6, 6.07) is 0. The molecule has 5 heteroatoms. The van der Waals surface area contributed by atoms with Crippen LogP contribution in [0, 0.1) is 0 Å². The maximum Gasteiger partial charge on any atom is 0.339 e. The highest BCUT2D eigenvalue weighted by Crippen LogP contribution is 2.18. The van der Waals surface area contributed by atoms with E-state index in [2.05, 4.69) is 10.1 Å². The van der Waals surface area contributed by atoms with E-state index < -0.39 is 11.5 Å². The predicted molar refractivity (Wildman–Crippen MR) is 38.2 cm³/mol. The van der Waals surface area contributed by atoms with Gasteiger partial charge in [0.05, 0.1) is 7.11 Å². The number of methoxy groups -OCH3 is 1. The van der Waals surface area contributed by atoms with Crippen molar-refractivity contribution < 1.29 is 19.1 Å². The van der Waals surface area contributed by atoms with Crippen LogP contribution < -0.4 is 5.32 Å². The molecule has 0 aliphatic carbocycles. The van der Waals surface area contributed by atoms with Gasteiger partial charge in [0.2, 0.25) is 5.91 Å². The average molecular weight is 171 g/mol. The normalized spacial score (nSPS) is 27.9.